The van der Waals surface area contributed by atoms with E-state index in [1.807, 2.05) is 56.4 Å². The zero-order valence-corrected chi connectivity index (χ0v) is 11.6. The van der Waals surface area contributed by atoms with Crippen molar-refractivity contribution < 1.29 is 0 Å². The van der Waals surface area contributed by atoms with Gasteiger partial charge in [-0.05, 0) is 36.8 Å². The summed E-state index contributed by atoms with van der Waals surface area (Å²) in [6.07, 6.45) is 0. The normalized spacial score (nSPS) is 11.2. The highest BCUT2D eigenvalue weighted by molar-refractivity contribution is 5.99. The molecule has 1 N–H and O–H groups in total. The van der Waals surface area contributed by atoms with Gasteiger partial charge in [-0.2, -0.15) is 5.10 Å². The average molecular weight is 253 g/mol. The molecule has 0 atom stereocenters. The van der Waals surface area contributed by atoms with Crippen molar-refractivity contribution in [2.45, 2.75) is 6.92 Å². The molecule has 2 rings (SSSR count). The average Bonchev–Trinajstić information content (AvgIpc) is 2.48. The fraction of sp³-hybridized carbons (Fsp3) is 0.188. The van der Waals surface area contributed by atoms with Gasteiger partial charge in [-0.1, -0.05) is 30.3 Å². The molecule has 98 valence electrons. The van der Waals surface area contributed by atoms with Crippen LogP contribution in [0.15, 0.2) is 59.7 Å². The molecule has 2 aromatic carbocycles. The number of benzene rings is 2. The van der Waals surface area contributed by atoms with E-state index in [4.69, 9.17) is 0 Å². The zero-order chi connectivity index (χ0) is 13.7. The molecule has 2 aromatic rings. The molecule has 0 aliphatic carbocycles. The van der Waals surface area contributed by atoms with Crippen LogP contribution in [0.4, 0.5) is 11.4 Å². The van der Waals surface area contributed by atoms with Gasteiger partial charge in [-0.15, -0.1) is 0 Å². The first-order chi connectivity index (χ1) is 9.20. The van der Waals surface area contributed by atoms with Gasteiger partial charge >= 0.3 is 0 Å². The summed E-state index contributed by atoms with van der Waals surface area (Å²) in [5.74, 6) is 0. The second-order valence-corrected chi connectivity index (χ2v) is 4.37. The molecule has 0 saturated carbocycles. The topological polar surface area (TPSA) is 27.6 Å². The summed E-state index contributed by atoms with van der Waals surface area (Å²) in [4.78, 5) is 0. The Balaban J connectivity index is 2.18. The third-order valence-electron chi connectivity index (χ3n) is 3.02. The number of hydrogen-bond acceptors (Lipinski definition) is 3. The first kappa shape index (κ1) is 13.1. The van der Waals surface area contributed by atoms with E-state index in [1.165, 1.54) is 0 Å². The first-order valence-electron chi connectivity index (χ1n) is 6.33. The summed E-state index contributed by atoms with van der Waals surface area (Å²) in [5, 5.41) is 9.60. The Bertz CT molecular complexity index is 544. The van der Waals surface area contributed by atoms with Crippen molar-refractivity contribution in [3.05, 3.63) is 60.2 Å². The SMILES string of the molecule is CNc1ccc(/C(C)=N\N(C)c2ccccc2)cc1. The van der Waals surface area contributed by atoms with Crippen molar-refractivity contribution in [2.75, 3.05) is 24.4 Å². The molecule has 3 heteroatoms. The third kappa shape index (κ3) is 3.35. The standard InChI is InChI=1S/C16H19N3/c1-13(14-9-11-15(17-2)12-10-14)18-19(3)16-7-5-4-6-8-16/h4-12,17H,1-3H3/b18-13-. The van der Waals surface area contributed by atoms with Gasteiger partial charge < -0.3 is 5.32 Å². The maximum Gasteiger partial charge on any atom is 0.0650 e. The van der Waals surface area contributed by atoms with E-state index in [0.717, 1.165) is 22.6 Å². The van der Waals surface area contributed by atoms with Gasteiger partial charge in [0.25, 0.3) is 0 Å². The van der Waals surface area contributed by atoms with Crippen molar-refractivity contribution in [1.29, 1.82) is 0 Å². The highest BCUT2D eigenvalue weighted by atomic mass is 15.4. The first-order valence-corrected chi connectivity index (χ1v) is 6.33. The molecular formula is C16H19N3. The Hall–Kier alpha value is -2.29. The van der Waals surface area contributed by atoms with Gasteiger partial charge in [0.2, 0.25) is 0 Å². The molecule has 0 saturated heterocycles. The van der Waals surface area contributed by atoms with Crippen molar-refractivity contribution >= 4 is 17.1 Å². The van der Waals surface area contributed by atoms with Crippen LogP contribution in [0, 0.1) is 0 Å². The summed E-state index contributed by atoms with van der Waals surface area (Å²) < 4.78 is 0. The summed E-state index contributed by atoms with van der Waals surface area (Å²) in [5.41, 5.74) is 4.30. The van der Waals surface area contributed by atoms with Crippen molar-refractivity contribution in [3.63, 3.8) is 0 Å². The minimum absolute atomic E-state index is 0.994. The van der Waals surface area contributed by atoms with Crippen LogP contribution in [0.1, 0.15) is 12.5 Å². The highest BCUT2D eigenvalue weighted by Gasteiger charge is 2.01. The molecule has 0 aromatic heterocycles. The number of hydrogen-bond donors (Lipinski definition) is 1. The molecule has 0 unspecified atom stereocenters. The van der Waals surface area contributed by atoms with E-state index in [-0.39, 0.29) is 0 Å². The molecule has 0 aliphatic rings. The number of hydrazone groups is 1. The second-order valence-electron chi connectivity index (χ2n) is 4.37. The molecule has 0 spiro atoms. The Morgan fingerprint density at radius 2 is 1.63 bits per heavy atom. The minimum atomic E-state index is 0.994. The fourth-order valence-corrected chi connectivity index (χ4v) is 1.86. The molecule has 3 nitrogen and oxygen atoms in total. The van der Waals surface area contributed by atoms with Crippen LogP contribution >= 0.6 is 0 Å². The van der Waals surface area contributed by atoms with E-state index in [1.54, 1.807) is 0 Å². The lowest BCUT2D eigenvalue weighted by molar-refractivity contribution is 1.01. The maximum atomic E-state index is 4.60. The van der Waals surface area contributed by atoms with Crippen molar-refractivity contribution in [2.24, 2.45) is 5.10 Å². The Labute approximate surface area is 114 Å². The monoisotopic (exact) mass is 253 g/mol. The van der Waals surface area contributed by atoms with E-state index >= 15 is 0 Å². The van der Waals surface area contributed by atoms with Crippen LogP contribution in [0.3, 0.4) is 0 Å². The van der Waals surface area contributed by atoms with E-state index in [9.17, 15) is 0 Å². The number of rotatable bonds is 4. The number of anilines is 2. The quantitative estimate of drug-likeness (QED) is 0.666. The summed E-state index contributed by atoms with van der Waals surface area (Å²) in [6, 6.07) is 18.4. The minimum Gasteiger partial charge on any atom is -0.388 e. The van der Waals surface area contributed by atoms with E-state index < -0.39 is 0 Å². The molecule has 0 heterocycles. The van der Waals surface area contributed by atoms with Crippen molar-refractivity contribution in [1.82, 2.24) is 0 Å². The van der Waals surface area contributed by atoms with Crippen LogP contribution in [0.5, 0.6) is 0 Å². The zero-order valence-electron chi connectivity index (χ0n) is 11.6. The Morgan fingerprint density at radius 3 is 2.21 bits per heavy atom. The van der Waals surface area contributed by atoms with Gasteiger partial charge in [-0.25, -0.2) is 0 Å². The van der Waals surface area contributed by atoms with Crippen LogP contribution in [-0.4, -0.2) is 19.8 Å². The fourth-order valence-electron chi connectivity index (χ4n) is 1.86. The second kappa shape index (κ2) is 6.05. The largest absolute Gasteiger partial charge is 0.388 e. The summed E-state index contributed by atoms with van der Waals surface area (Å²) in [7, 11) is 3.87. The molecule has 0 amide bonds. The van der Waals surface area contributed by atoms with Crippen LogP contribution in [0.25, 0.3) is 0 Å². The highest BCUT2D eigenvalue weighted by Crippen LogP contribution is 2.14. The van der Waals surface area contributed by atoms with Crippen LogP contribution in [0.2, 0.25) is 0 Å². The molecule has 19 heavy (non-hydrogen) atoms. The van der Waals surface area contributed by atoms with E-state index in [0.29, 0.717) is 0 Å². The number of nitrogens with one attached hydrogen (secondary N) is 1. The molecule has 0 aliphatic heterocycles. The predicted molar refractivity (Wildman–Crippen MR) is 83.0 cm³/mol. The van der Waals surface area contributed by atoms with Gasteiger partial charge in [0.05, 0.1) is 11.4 Å². The summed E-state index contributed by atoms with van der Waals surface area (Å²) in [6.45, 7) is 2.02. The van der Waals surface area contributed by atoms with E-state index in [2.05, 4.69) is 34.7 Å². The molecule has 0 radical (unpaired) electrons. The van der Waals surface area contributed by atoms with Crippen molar-refractivity contribution in [3.8, 4) is 0 Å². The molecular weight excluding hydrogens is 234 g/mol. The van der Waals surface area contributed by atoms with Gasteiger partial charge in [-0.3, -0.25) is 5.01 Å². The number of nitrogens with zero attached hydrogens (tertiary/aromatic N) is 2. The number of para-hydroxylation sites is 1. The van der Waals surface area contributed by atoms with Crippen LogP contribution < -0.4 is 10.3 Å². The lowest BCUT2D eigenvalue weighted by Gasteiger charge is -2.14. The van der Waals surface area contributed by atoms with Crippen LogP contribution in [-0.2, 0) is 0 Å². The third-order valence-corrected chi connectivity index (χ3v) is 3.02. The van der Waals surface area contributed by atoms with Gasteiger partial charge in [0.1, 0.15) is 0 Å². The predicted octanol–water partition coefficient (Wildman–Crippen LogP) is 3.59. The van der Waals surface area contributed by atoms with Gasteiger partial charge in [0, 0.05) is 19.8 Å². The maximum absolute atomic E-state index is 4.60. The smallest absolute Gasteiger partial charge is 0.0650 e. The Kier molecular flexibility index (Phi) is 4.18. The van der Waals surface area contributed by atoms with Gasteiger partial charge in [0.15, 0.2) is 0 Å². The molecule has 0 bridgehead atoms. The summed E-state index contributed by atoms with van der Waals surface area (Å²) >= 11 is 0. The Morgan fingerprint density at radius 1 is 1.00 bits per heavy atom. The molecule has 0 fully saturated rings. The lowest BCUT2D eigenvalue weighted by Crippen LogP contribution is -2.12. The lowest BCUT2D eigenvalue weighted by atomic mass is 10.1.